The minimum absolute atomic E-state index is 0.0988. The summed E-state index contributed by atoms with van der Waals surface area (Å²) in [6.45, 7) is 2.98. The van der Waals surface area contributed by atoms with Crippen molar-refractivity contribution in [1.29, 1.82) is 0 Å². The van der Waals surface area contributed by atoms with E-state index in [-0.39, 0.29) is 19.0 Å². The number of likely N-dealkylation sites (tertiary alicyclic amines) is 1. The number of benzene rings is 1. The van der Waals surface area contributed by atoms with Crippen LogP contribution in [0.2, 0.25) is 0 Å². The maximum atomic E-state index is 14.1. The van der Waals surface area contributed by atoms with E-state index in [1.807, 2.05) is 19.1 Å². The standard InChI is InChI=1S/C20H25FN2O4/c1-14-4-5-17(27-14)11-22-13-20(25)8-3-9-23(19(20)24)12-15-10-16(26-2)6-7-18(15)21/h4-7,10,22,25H,3,8-9,11-13H2,1-2H3/t20-/m1/s1. The molecule has 7 heteroatoms. The number of carbonyl (C=O) groups is 1. The number of methoxy groups -OCH3 is 1. The lowest BCUT2D eigenvalue weighted by Gasteiger charge is -2.38. The van der Waals surface area contributed by atoms with Crippen LogP contribution in [-0.2, 0) is 17.9 Å². The fourth-order valence-electron chi connectivity index (χ4n) is 3.36. The Bertz CT molecular complexity index is 807. The van der Waals surface area contributed by atoms with Crippen molar-refractivity contribution >= 4 is 5.91 Å². The van der Waals surface area contributed by atoms with Crippen LogP contribution in [0, 0.1) is 12.7 Å². The Morgan fingerprint density at radius 2 is 2.19 bits per heavy atom. The Morgan fingerprint density at radius 1 is 1.37 bits per heavy atom. The second kappa shape index (κ2) is 8.10. The summed E-state index contributed by atoms with van der Waals surface area (Å²) in [5.41, 5.74) is -1.14. The zero-order valence-corrected chi connectivity index (χ0v) is 15.6. The first-order valence-corrected chi connectivity index (χ1v) is 9.01. The first kappa shape index (κ1) is 19.4. The molecule has 1 aromatic carbocycles. The molecular formula is C20H25FN2O4. The van der Waals surface area contributed by atoms with E-state index in [0.29, 0.717) is 37.2 Å². The van der Waals surface area contributed by atoms with Gasteiger partial charge in [0.05, 0.1) is 13.7 Å². The molecule has 1 amide bonds. The van der Waals surface area contributed by atoms with Crippen LogP contribution in [0.3, 0.4) is 0 Å². The molecule has 1 aromatic heterocycles. The van der Waals surface area contributed by atoms with Crippen LogP contribution in [0.1, 0.15) is 29.9 Å². The van der Waals surface area contributed by atoms with E-state index < -0.39 is 11.4 Å². The summed E-state index contributed by atoms with van der Waals surface area (Å²) in [6, 6.07) is 8.15. The van der Waals surface area contributed by atoms with Crippen LogP contribution in [0.15, 0.2) is 34.7 Å². The van der Waals surface area contributed by atoms with Gasteiger partial charge in [-0.15, -0.1) is 0 Å². The van der Waals surface area contributed by atoms with Crippen molar-refractivity contribution in [1.82, 2.24) is 10.2 Å². The van der Waals surface area contributed by atoms with Crippen molar-refractivity contribution in [2.45, 2.75) is 38.5 Å². The molecule has 1 aliphatic rings. The average molecular weight is 376 g/mol. The van der Waals surface area contributed by atoms with E-state index in [4.69, 9.17) is 9.15 Å². The molecule has 1 aliphatic heterocycles. The lowest BCUT2D eigenvalue weighted by Crippen LogP contribution is -2.57. The van der Waals surface area contributed by atoms with E-state index in [1.54, 1.807) is 6.07 Å². The number of hydrogen-bond acceptors (Lipinski definition) is 5. The number of hydrogen-bond donors (Lipinski definition) is 2. The average Bonchev–Trinajstić information content (AvgIpc) is 3.06. The number of carbonyl (C=O) groups excluding carboxylic acids is 1. The van der Waals surface area contributed by atoms with Gasteiger partial charge in [0.2, 0.25) is 0 Å². The van der Waals surface area contributed by atoms with E-state index in [1.165, 1.54) is 24.1 Å². The molecule has 146 valence electrons. The van der Waals surface area contributed by atoms with Crippen LogP contribution in [0.4, 0.5) is 4.39 Å². The summed E-state index contributed by atoms with van der Waals surface area (Å²) in [5.74, 6) is 1.30. The van der Waals surface area contributed by atoms with E-state index in [2.05, 4.69) is 5.32 Å². The molecule has 0 saturated carbocycles. The number of aliphatic hydroxyl groups is 1. The summed E-state index contributed by atoms with van der Waals surface area (Å²) in [4.78, 5) is 14.3. The SMILES string of the molecule is COc1ccc(F)c(CN2CCC[C@@](O)(CNCc3ccc(C)o3)C2=O)c1. The predicted molar refractivity (Wildman–Crippen MR) is 97.7 cm³/mol. The zero-order valence-electron chi connectivity index (χ0n) is 15.6. The second-order valence-corrected chi connectivity index (χ2v) is 6.94. The molecule has 0 aliphatic carbocycles. The van der Waals surface area contributed by atoms with Gasteiger partial charge in [0, 0.05) is 25.2 Å². The molecule has 3 rings (SSSR count). The first-order chi connectivity index (χ1) is 12.9. The third-order valence-electron chi connectivity index (χ3n) is 4.83. The highest BCUT2D eigenvalue weighted by Gasteiger charge is 2.42. The molecule has 0 radical (unpaired) electrons. The lowest BCUT2D eigenvalue weighted by atomic mass is 9.91. The summed E-state index contributed by atoms with van der Waals surface area (Å²) >= 11 is 0. The van der Waals surface area contributed by atoms with Crippen molar-refractivity contribution in [3.63, 3.8) is 0 Å². The molecule has 0 unspecified atom stereocenters. The number of furan rings is 1. The van der Waals surface area contributed by atoms with Crippen molar-refractivity contribution in [2.24, 2.45) is 0 Å². The van der Waals surface area contributed by atoms with Gasteiger partial charge >= 0.3 is 0 Å². The minimum atomic E-state index is -1.50. The minimum Gasteiger partial charge on any atom is -0.497 e. The van der Waals surface area contributed by atoms with Gasteiger partial charge in [0.1, 0.15) is 23.1 Å². The van der Waals surface area contributed by atoms with Crippen molar-refractivity contribution < 1.29 is 23.4 Å². The molecule has 2 N–H and O–H groups in total. The van der Waals surface area contributed by atoms with Crippen molar-refractivity contribution in [2.75, 3.05) is 20.2 Å². The van der Waals surface area contributed by atoms with Gasteiger partial charge in [-0.25, -0.2) is 4.39 Å². The molecule has 1 saturated heterocycles. The number of piperidine rings is 1. The Morgan fingerprint density at radius 3 is 2.89 bits per heavy atom. The topological polar surface area (TPSA) is 74.9 Å². The van der Waals surface area contributed by atoms with Crippen molar-refractivity contribution in [3.8, 4) is 5.75 Å². The molecular weight excluding hydrogens is 351 g/mol. The Balaban J connectivity index is 1.63. The predicted octanol–water partition coefficient (Wildman–Crippen LogP) is 2.38. The molecule has 2 heterocycles. The fraction of sp³-hybridized carbons (Fsp3) is 0.450. The van der Waals surface area contributed by atoms with Gasteiger partial charge in [0.15, 0.2) is 5.60 Å². The number of halogens is 1. The highest BCUT2D eigenvalue weighted by atomic mass is 19.1. The fourth-order valence-corrected chi connectivity index (χ4v) is 3.36. The van der Waals surface area contributed by atoms with Crippen LogP contribution in [0.5, 0.6) is 5.75 Å². The third-order valence-corrected chi connectivity index (χ3v) is 4.83. The van der Waals surface area contributed by atoms with Gasteiger partial charge in [0.25, 0.3) is 5.91 Å². The van der Waals surface area contributed by atoms with Crippen LogP contribution in [0.25, 0.3) is 0 Å². The van der Waals surface area contributed by atoms with Gasteiger partial charge < -0.3 is 24.5 Å². The summed E-state index contributed by atoms with van der Waals surface area (Å²) in [5, 5.41) is 13.9. The number of ether oxygens (including phenoxy) is 1. The maximum Gasteiger partial charge on any atom is 0.256 e. The molecule has 0 spiro atoms. The maximum absolute atomic E-state index is 14.1. The molecule has 0 bridgehead atoms. The quantitative estimate of drug-likeness (QED) is 0.776. The van der Waals surface area contributed by atoms with Crippen LogP contribution in [-0.4, -0.2) is 41.7 Å². The Hall–Kier alpha value is -2.38. The smallest absolute Gasteiger partial charge is 0.256 e. The largest absolute Gasteiger partial charge is 0.497 e. The van der Waals surface area contributed by atoms with E-state index >= 15 is 0 Å². The van der Waals surface area contributed by atoms with Gasteiger partial charge in [-0.05, 0) is 50.1 Å². The molecule has 6 nitrogen and oxygen atoms in total. The summed E-state index contributed by atoms with van der Waals surface area (Å²) in [7, 11) is 1.51. The first-order valence-electron chi connectivity index (χ1n) is 9.01. The summed E-state index contributed by atoms with van der Waals surface area (Å²) in [6.07, 6.45) is 1.02. The second-order valence-electron chi connectivity index (χ2n) is 6.94. The zero-order chi connectivity index (χ0) is 19.4. The number of nitrogens with zero attached hydrogens (tertiary/aromatic N) is 1. The highest BCUT2D eigenvalue weighted by molar-refractivity contribution is 5.86. The van der Waals surface area contributed by atoms with Crippen LogP contribution < -0.4 is 10.1 Å². The third kappa shape index (κ3) is 4.48. The number of nitrogens with one attached hydrogen (secondary N) is 1. The Kier molecular flexibility index (Phi) is 5.82. The lowest BCUT2D eigenvalue weighted by molar-refractivity contribution is -0.157. The Labute approximate surface area is 157 Å². The van der Waals surface area contributed by atoms with E-state index in [0.717, 1.165) is 11.5 Å². The number of amides is 1. The normalized spacial score (nSPS) is 20.1. The number of rotatable bonds is 7. The van der Waals surface area contributed by atoms with Crippen LogP contribution >= 0.6 is 0 Å². The monoisotopic (exact) mass is 376 g/mol. The van der Waals surface area contributed by atoms with E-state index in [9.17, 15) is 14.3 Å². The van der Waals surface area contributed by atoms with Gasteiger partial charge in [-0.2, -0.15) is 0 Å². The molecule has 1 fully saturated rings. The molecule has 2 aromatic rings. The summed E-state index contributed by atoms with van der Waals surface area (Å²) < 4.78 is 24.7. The molecule has 27 heavy (non-hydrogen) atoms. The van der Waals surface area contributed by atoms with Crippen molar-refractivity contribution in [3.05, 3.63) is 53.2 Å². The number of aryl methyl sites for hydroxylation is 1. The highest BCUT2D eigenvalue weighted by Crippen LogP contribution is 2.26. The molecule has 1 atom stereocenters. The van der Waals surface area contributed by atoms with Gasteiger partial charge in [-0.3, -0.25) is 4.79 Å². The van der Waals surface area contributed by atoms with Gasteiger partial charge in [-0.1, -0.05) is 0 Å².